The van der Waals surface area contributed by atoms with Crippen LogP contribution >= 0.6 is 0 Å². The molecule has 0 spiro atoms. The molecule has 168 valence electrons. The van der Waals surface area contributed by atoms with E-state index < -0.39 is 5.97 Å². The Kier molecular flexibility index (Phi) is 9.48. The number of aliphatic carboxylic acids is 1. The van der Waals surface area contributed by atoms with Gasteiger partial charge in [0.25, 0.3) is 0 Å². The molecule has 0 bridgehead atoms. The average molecular weight is 435 g/mol. The molecule has 0 heterocycles. The number of hydrogen-bond acceptors (Lipinski definition) is 4. The lowest BCUT2D eigenvalue weighted by molar-refractivity contribution is -0.141. The van der Waals surface area contributed by atoms with Crippen LogP contribution in [0.4, 0.5) is 0 Å². The van der Waals surface area contributed by atoms with Crippen molar-refractivity contribution in [3.05, 3.63) is 94.1 Å². The van der Waals surface area contributed by atoms with Crippen molar-refractivity contribution in [2.75, 3.05) is 6.61 Å². The molecule has 2 aromatic rings. The Morgan fingerprint density at radius 2 is 1.59 bits per heavy atom. The van der Waals surface area contributed by atoms with Gasteiger partial charge < -0.3 is 14.9 Å². The molecule has 0 aliphatic rings. The van der Waals surface area contributed by atoms with Crippen LogP contribution in [0.1, 0.15) is 43.0 Å². The van der Waals surface area contributed by atoms with Crippen LogP contribution in [0, 0.1) is 0 Å². The van der Waals surface area contributed by atoms with Crippen LogP contribution in [0.15, 0.2) is 71.8 Å². The summed E-state index contributed by atoms with van der Waals surface area (Å²) >= 11 is 0. The Balaban J connectivity index is 2.09. The molecular weight excluding hydrogens is 404 g/mol. The molecule has 5 nitrogen and oxygen atoms in total. The second kappa shape index (κ2) is 12.3. The largest absolute Gasteiger partial charge is 0.507 e. The van der Waals surface area contributed by atoms with Gasteiger partial charge >= 0.3 is 11.9 Å². The highest BCUT2D eigenvalue weighted by Gasteiger charge is 2.09. The molecule has 5 heteroatoms. The van der Waals surface area contributed by atoms with Crippen molar-refractivity contribution in [3.63, 3.8) is 0 Å². The second-order valence-corrected chi connectivity index (χ2v) is 7.92. The normalized spacial score (nSPS) is 11.4. The molecule has 2 N–H and O–H groups in total. The molecule has 2 aromatic carbocycles. The first-order valence-corrected chi connectivity index (χ1v) is 10.5. The lowest BCUT2D eigenvalue weighted by Crippen LogP contribution is -2.09. The summed E-state index contributed by atoms with van der Waals surface area (Å²) in [5.41, 5.74) is 5.02. The van der Waals surface area contributed by atoms with E-state index in [0.717, 1.165) is 28.3 Å². The minimum Gasteiger partial charge on any atom is -0.507 e. The van der Waals surface area contributed by atoms with Crippen molar-refractivity contribution in [2.24, 2.45) is 0 Å². The number of phenolic OH excluding ortho intramolecular Hbond substituents is 1. The highest BCUT2D eigenvalue weighted by Crippen LogP contribution is 2.27. The van der Waals surface area contributed by atoms with Crippen LogP contribution in [0.2, 0.25) is 0 Å². The number of carboxylic acids is 1. The van der Waals surface area contributed by atoms with Crippen molar-refractivity contribution in [3.8, 4) is 5.75 Å². The highest BCUT2D eigenvalue weighted by atomic mass is 16.5. The zero-order valence-electron chi connectivity index (χ0n) is 18.8. The van der Waals surface area contributed by atoms with E-state index in [2.05, 4.69) is 0 Å². The predicted octanol–water partition coefficient (Wildman–Crippen LogP) is 5.27. The zero-order valence-corrected chi connectivity index (χ0v) is 18.8. The second-order valence-electron chi connectivity index (χ2n) is 7.92. The summed E-state index contributed by atoms with van der Waals surface area (Å²) < 4.78 is 5.35. The van der Waals surface area contributed by atoms with Crippen LogP contribution in [0.3, 0.4) is 0 Å². The quantitative estimate of drug-likeness (QED) is 0.302. The average Bonchev–Trinajstić information content (AvgIpc) is 2.75. The van der Waals surface area contributed by atoms with Gasteiger partial charge in [0, 0.05) is 6.08 Å². The third-order valence-electron chi connectivity index (χ3n) is 4.76. The van der Waals surface area contributed by atoms with Gasteiger partial charge in [-0.25, -0.2) is 4.79 Å². The number of rotatable bonds is 10. The van der Waals surface area contributed by atoms with E-state index in [1.165, 1.54) is 6.08 Å². The molecule has 0 saturated heterocycles. The molecule has 0 radical (unpaired) electrons. The molecule has 0 aromatic heterocycles. The number of carbonyl (C=O) groups excluding carboxylic acids is 1. The first kappa shape index (κ1) is 24.7. The number of esters is 1. The molecule has 0 atom stereocenters. The number of phenols is 1. The predicted molar refractivity (Wildman–Crippen MR) is 126 cm³/mol. The summed E-state index contributed by atoms with van der Waals surface area (Å²) in [4.78, 5) is 22.9. The number of carbonyl (C=O) groups is 2. The Morgan fingerprint density at radius 1 is 0.969 bits per heavy atom. The third-order valence-corrected chi connectivity index (χ3v) is 4.76. The number of allylic oxidation sites excluding steroid dienone is 3. The van der Waals surface area contributed by atoms with E-state index in [1.54, 1.807) is 12.1 Å². The van der Waals surface area contributed by atoms with Crippen LogP contribution in [-0.2, 0) is 33.6 Å². The van der Waals surface area contributed by atoms with Gasteiger partial charge in [-0.1, -0.05) is 48.1 Å². The molecule has 0 aliphatic carbocycles. The minimum atomic E-state index is -1.03. The Labute approximate surface area is 189 Å². The summed E-state index contributed by atoms with van der Waals surface area (Å²) in [6.07, 6.45) is 7.71. The van der Waals surface area contributed by atoms with E-state index >= 15 is 0 Å². The van der Waals surface area contributed by atoms with Crippen molar-refractivity contribution in [2.45, 2.75) is 40.0 Å². The van der Waals surface area contributed by atoms with Gasteiger partial charge in [0.05, 0.1) is 6.42 Å². The highest BCUT2D eigenvalue weighted by molar-refractivity contribution is 5.85. The minimum absolute atomic E-state index is 0.176. The van der Waals surface area contributed by atoms with Crippen molar-refractivity contribution in [1.29, 1.82) is 0 Å². The molecule has 32 heavy (non-hydrogen) atoms. The monoisotopic (exact) mass is 434 g/mol. The van der Waals surface area contributed by atoms with E-state index in [9.17, 15) is 14.7 Å². The van der Waals surface area contributed by atoms with E-state index in [-0.39, 0.29) is 24.7 Å². The van der Waals surface area contributed by atoms with Crippen LogP contribution in [-0.4, -0.2) is 28.8 Å². The number of carboxylic acid groups (broad SMARTS) is 1. The molecule has 0 fully saturated rings. The van der Waals surface area contributed by atoms with Crippen LogP contribution in [0.5, 0.6) is 5.75 Å². The summed E-state index contributed by atoms with van der Waals surface area (Å²) in [5.74, 6) is -1.13. The van der Waals surface area contributed by atoms with Crippen molar-refractivity contribution >= 4 is 18.0 Å². The van der Waals surface area contributed by atoms with Gasteiger partial charge in [0.1, 0.15) is 12.4 Å². The molecule has 0 unspecified atom stereocenters. The molecule has 2 rings (SSSR count). The molecule has 0 amide bonds. The van der Waals surface area contributed by atoms with Crippen molar-refractivity contribution in [1.82, 2.24) is 0 Å². The fraction of sp³-hybridized carbons (Fsp3) is 0.259. The smallest absolute Gasteiger partial charge is 0.328 e. The number of ether oxygens (including phenoxy) is 1. The number of benzene rings is 2. The van der Waals surface area contributed by atoms with Gasteiger partial charge in [-0.15, -0.1) is 0 Å². The van der Waals surface area contributed by atoms with Crippen LogP contribution < -0.4 is 0 Å². The fourth-order valence-corrected chi connectivity index (χ4v) is 3.03. The van der Waals surface area contributed by atoms with Gasteiger partial charge in [0.2, 0.25) is 0 Å². The number of hydrogen-bond donors (Lipinski definition) is 2. The van der Waals surface area contributed by atoms with Crippen molar-refractivity contribution < 1.29 is 24.5 Å². The first-order valence-electron chi connectivity index (χ1n) is 10.5. The Morgan fingerprint density at radius 3 is 2.19 bits per heavy atom. The van der Waals surface area contributed by atoms with Gasteiger partial charge in [-0.3, -0.25) is 4.79 Å². The van der Waals surface area contributed by atoms with E-state index in [1.807, 2.05) is 63.3 Å². The van der Waals surface area contributed by atoms with Gasteiger partial charge in [-0.05, 0) is 79.6 Å². The van der Waals surface area contributed by atoms with Gasteiger partial charge in [-0.2, -0.15) is 0 Å². The van der Waals surface area contributed by atoms with Crippen LogP contribution in [0.25, 0.3) is 6.08 Å². The maximum absolute atomic E-state index is 12.0. The number of aromatic hydroxyl groups is 1. The van der Waals surface area contributed by atoms with Gasteiger partial charge in [0.15, 0.2) is 0 Å². The molecule has 0 saturated carbocycles. The topological polar surface area (TPSA) is 83.8 Å². The maximum Gasteiger partial charge on any atom is 0.328 e. The fourth-order valence-electron chi connectivity index (χ4n) is 3.03. The SMILES string of the molecule is CC(C)=CCc1cc(/C=C/C(=O)O)cc(C/C=C(\C)COC(=O)Cc2ccccc2)c1O. The molecule has 0 aliphatic heterocycles. The van der Waals surface area contributed by atoms with E-state index in [0.29, 0.717) is 24.0 Å². The standard InChI is InChI=1S/C27H30O5/c1-19(2)9-12-23-15-22(11-14-25(28)29)16-24(27(23)31)13-10-20(3)18-32-26(30)17-21-7-5-4-6-8-21/h4-11,14-16,31H,12-13,17-18H2,1-3H3,(H,28,29)/b14-11+,20-10+. The molecular formula is C27H30O5. The zero-order chi connectivity index (χ0) is 23.5. The summed E-state index contributed by atoms with van der Waals surface area (Å²) in [5, 5.41) is 19.6. The third kappa shape index (κ3) is 8.64. The van der Waals surface area contributed by atoms with E-state index in [4.69, 9.17) is 9.84 Å². The lowest BCUT2D eigenvalue weighted by atomic mass is 9.98. The Hall–Kier alpha value is -3.60. The Bertz CT molecular complexity index is 1030. The lowest BCUT2D eigenvalue weighted by Gasteiger charge is -2.11. The maximum atomic E-state index is 12.0. The summed E-state index contributed by atoms with van der Waals surface area (Å²) in [7, 11) is 0. The summed E-state index contributed by atoms with van der Waals surface area (Å²) in [6.45, 7) is 6.01. The first-order chi connectivity index (χ1) is 15.2. The summed E-state index contributed by atoms with van der Waals surface area (Å²) in [6, 6.07) is 13.0.